The summed E-state index contributed by atoms with van der Waals surface area (Å²) in [6.45, 7) is 3.97. The molecule has 106 valence electrons. The third kappa shape index (κ3) is 3.00. The Labute approximate surface area is 116 Å². The van der Waals surface area contributed by atoms with Crippen LogP contribution in [0.15, 0.2) is 35.4 Å². The minimum Gasteiger partial charge on any atom is -0.423 e. The molecule has 1 aromatic carbocycles. The summed E-state index contributed by atoms with van der Waals surface area (Å²) in [6.07, 6.45) is 3.30. The molecule has 0 saturated heterocycles. The van der Waals surface area contributed by atoms with Gasteiger partial charge in [-0.1, -0.05) is 6.07 Å². The number of hydrogen-bond acceptors (Lipinski definition) is 3. The monoisotopic (exact) mass is 278 g/mol. The Bertz CT molecular complexity index is 664. The van der Waals surface area contributed by atoms with Crippen molar-refractivity contribution >= 4 is 12.6 Å². The van der Waals surface area contributed by atoms with Crippen molar-refractivity contribution in [1.29, 1.82) is 0 Å². The van der Waals surface area contributed by atoms with Gasteiger partial charge in [0.25, 0.3) is 0 Å². The average Bonchev–Trinajstić information content (AvgIpc) is 2.70. The average molecular weight is 278 g/mol. The SMILES string of the molecule is CC(C)n1ccn(Cc2cc(F)cc(B(O)O)c2)c1=O. The molecule has 1 aromatic heterocycles. The van der Waals surface area contributed by atoms with Crippen molar-refractivity contribution < 1.29 is 14.4 Å². The predicted molar refractivity (Wildman–Crippen MR) is 74.4 cm³/mol. The highest BCUT2D eigenvalue weighted by Crippen LogP contribution is 2.05. The Kier molecular flexibility index (Phi) is 4.10. The fraction of sp³-hybridized carbons (Fsp3) is 0.308. The van der Waals surface area contributed by atoms with Gasteiger partial charge in [0.05, 0.1) is 6.54 Å². The predicted octanol–water partition coefficient (Wildman–Crippen LogP) is 0.0979. The number of hydrogen-bond donors (Lipinski definition) is 2. The maximum Gasteiger partial charge on any atom is 0.488 e. The topological polar surface area (TPSA) is 67.4 Å². The van der Waals surface area contributed by atoms with Crippen LogP contribution in [0.3, 0.4) is 0 Å². The molecule has 0 aliphatic carbocycles. The van der Waals surface area contributed by atoms with Crippen LogP contribution in [-0.2, 0) is 6.54 Å². The second-order valence-electron chi connectivity index (χ2n) is 4.98. The Morgan fingerprint density at radius 2 is 1.95 bits per heavy atom. The molecule has 2 aromatic rings. The van der Waals surface area contributed by atoms with Crippen LogP contribution >= 0.6 is 0 Å². The van der Waals surface area contributed by atoms with Gasteiger partial charge in [-0.2, -0.15) is 0 Å². The summed E-state index contributed by atoms with van der Waals surface area (Å²) in [7, 11) is -1.73. The van der Waals surface area contributed by atoms with Gasteiger partial charge in [0.1, 0.15) is 5.82 Å². The van der Waals surface area contributed by atoms with E-state index in [0.29, 0.717) is 5.56 Å². The van der Waals surface area contributed by atoms with Gasteiger partial charge in [-0.05, 0) is 37.0 Å². The molecule has 0 saturated carbocycles. The number of imidazole rings is 1. The van der Waals surface area contributed by atoms with Crippen LogP contribution in [0.1, 0.15) is 25.5 Å². The second kappa shape index (κ2) is 5.64. The second-order valence-corrected chi connectivity index (χ2v) is 4.98. The van der Waals surface area contributed by atoms with Crippen LogP contribution in [-0.4, -0.2) is 26.3 Å². The van der Waals surface area contributed by atoms with Crippen molar-refractivity contribution in [3.05, 3.63) is 52.5 Å². The standard InChI is InChI=1S/C13H16BFN2O3/c1-9(2)17-4-3-16(13(17)18)8-10-5-11(14(19)20)7-12(15)6-10/h3-7,9,19-20H,8H2,1-2H3. The minimum atomic E-state index is -1.73. The number of benzene rings is 1. The first-order valence-electron chi connectivity index (χ1n) is 6.31. The van der Waals surface area contributed by atoms with Crippen LogP contribution < -0.4 is 11.2 Å². The normalized spacial score (nSPS) is 11.1. The van der Waals surface area contributed by atoms with E-state index in [2.05, 4.69) is 0 Å². The first-order chi connectivity index (χ1) is 9.38. The number of rotatable bonds is 4. The first-order valence-corrected chi connectivity index (χ1v) is 6.31. The number of nitrogens with zero attached hydrogens (tertiary/aromatic N) is 2. The van der Waals surface area contributed by atoms with Crippen LogP contribution in [0, 0.1) is 5.82 Å². The van der Waals surface area contributed by atoms with E-state index in [1.54, 1.807) is 17.0 Å². The van der Waals surface area contributed by atoms with Crippen LogP contribution in [0.2, 0.25) is 0 Å². The first kappa shape index (κ1) is 14.6. The van der Waals surface area contributed by atoms with Gasteiger partial charge < -0.3 is 10.0 Å². The third-order valence-corrected chi connectivity index (χ3v) is 3.06. The van der Waals surface area contributed by atoms with Crippen molar-refractivity contribution in [1.82, 2.24) is 9.13 Å². The van der Waals surface area contributed by atoms with Crippen molar-refractivity contribution in [2.24, 2.45) is 0 Å². The molecule has 0 spiro atoms. The van der Waals surface area contributed by atoms with Gasteiger partial charge in [0.2, 0.25) is 0 Å². The summed E-state index contributed by atoms with van der Waals surface area (Å²) in [5, 5.41) is 18.2. The smallest absolute Gasteiger partial charge is 0.423 e. The van der Waals surface area contributed by atoms with Crippen molar-refractivity contribution in [2.45, 2.75) is 26.4 Å². The fourth-order valence-electron chi connectivity index (χ4n) is 2.05. The van der Waals surface area contributed by atoms with Crippen molar-refractivity contribution in [2.75, 3.05) is 0 Å². The molecule has 0 atom stereocenters. The molecule has 0 aliphatic heterocycles. The lowest BCUT2D eigenvalue weighted by molar-refractivity contribution is 0.425. The van der Waals surface area contributed by atoms with Gasteiger partial charge in [-0.25, -0.2) is 9.18 Å². The van der Waals surface area contributed by atoms with Crippen LogP contribution in [0.5, 0.6) is 0 Å². The zero-order chi connectivity index (χ0) is 14.9. The van der Waals surface area contributed by atoms with Gasteiger partial charge in [-0.15, -0.1) is 0 Å². The lowest BCUT2D eigenvalue weighted by atomic mass is 9.79. The van der Waals surface area contributed by atoms with Crippen LogP contribution in [0.25, 0.3) is 0 Å². The number of aromatic nitrogens is 2. The van der Waals surface area contributed by atoms with E-state index in [0.717, 1.165) is 6.07 Å². The summed E-state index contributed by atoms with van der Waals surface area (Å²) in [4.78, 5) is 12.1. The molecule has 20 heavy (non-hydrogen) atoms. The largest absolute Gasteiger partial charge is 0.488 e. The molecule has 5 nitrogen and oxygen atoms in total. The third-order valence-electron chi connectivity index (χ3n) is 3.06. The summed E-state index contributed by atoms with van der Waals surface area (Å²) in [5.74, 6) is -0.568. The fourth-order valence-corrected chi connectivity index (χ4v) is 2.05. The van der Waals surface area contributed by atoms with Gasteiger partial charge >= 0.3 is 12.8 Å². The highest BCUT2D eigenvalue weighted by molar-refractivity contribution is 6.58. The molecule has 0 aliphatic rings. The number of halogens is 1. The maximum atomic E-state index is 13.4. The van der Waals surface area contributed by atoms with Crippen molar-refractivity contribution in [3.8, 4) is 0 Å². The summed E-state index contributed by atoms with van der Waals surface area (Å²) in [6, 6.07) is 3.83. The lowest BCUT2D eigenvalue weighted by Crippen LogP contribution is -2.31. The molecule has 1 heterocycles. The Balaban J connectivity index is 2.33. The Morgan fingerprint density at radius 1 is 1.25 bits per heavy atom. The molecule has 0 amide bonds. The molecular formula is C13H16BFN2O3. The molecule has 0 radical (unpaired) electrons. The molecular weight excluding hydrogens is 262 g/mol. The van der Waals surface area contributed by atoms with E-state index in [4.69, 9.17) is 10.0 Å². The van der Waals surface area contributed by atoms with Gasteiger partial charge in [0.15, 0.2) is 0 Å². The highest BCUT2D eigenvalue weighted by Gasteiger charge is 2.14. The lowest BCUT2D eigenvalue weighted by Gasteiger charge is -2.07. The zero-order valence-electron chi connectivity index (χ0n) is 11.3. The molecule has 2 N–H and O–H groups in total. The van der Waals surface area contributed by atoms with E-state index < -0.39 is 12.9 Å². The van der Waals surface area contributed by atoms with E-state index in [-0.39, 0.29) is 23.7 Å². The Hall–Kier alpha value is -1.86. The maximum absolute atomic E-state index is 13.4. The van der Waals surface area contributed by atoms with Crippen LogP contribution in [0.4, 0.5) is 4.39 Å². The van der Waals surface area contributed by atoms with Crippen molar-refractivity contribution in [3.63, 3.8) is 0 Å². The zero-order valence-corrected chi connectivity index (χ0v) is 11.3. The highest BCUT2D eigenvalue weighted by atomic mass is 19.1. The van der Waals surface area contributed by atoms with E-state index >= 15 is 0 Å². The molecule has 0 unspecified atom stereocenters. The Morgan fingerprint density at radius 3 is 2.50 bits per heavy atom. The van der Waals surface area contributed by atoms with Gasteiger partial charge in [0, 0.05) is 18.4 Å². The van der Waals surface area contributed by atoms with Gasteiger partial charge in [-0.3, -0.25) is 9.13 Å². The molecule has 0 fully saturated rings. The molecule has 7 heteroatoms. The molecule has 2 rings (SSSR count). The molecule has 0 bridgehead atoms. The summed E-state index contributed by atoms with van der Waals surface area (Å²) >= 11 is 0. The van der Waals surface area contributed by atoms with E-state index in [1.165, 1.54) is 16.7 Å². The van der Waals surface area contributed by atoms with E-state index in [1.807, 2.05) is 13.8 Å². The quantitative estimate of drug-likeness (QED) is 0.779. The summed E-state index contributed by atoms with van der Waals surface area (Å²) < 4.78 is 16.4. The summed E-state index contributed by atoms with van der Waals surface area (Å²) in [5.41, 5.74) is 0.378. The van der Waals surface area contributed by atoms with E-state index in [9.17, 15) is 9.18 Å². The minimum absolute atomic E-state index is 0.0473.